The van der Waals surface area contributed by atoms with Crippen LogP contribution in [0.15, 0.2) is 30.5 Å². The molecule has 1 amide bonds. The Morgan fingerprint density at radius 3 is 2.70 bits per heavy atom. The number of anilines is 1. The number of benzene rings is 1. The second-order valence-electron chi connectivity index (χ2n) is 9.50. The molecule has 1 aliphatic carbocycles. The highest BCUT2D eigenvalue weighted by molar-refractivity contribution is 5.94. The normalized spacial score (nSPS) is 22.5. The summed E-state index contributed by atoms with van der Waals surface area (Å²) in [6.45, 7) is 5.53. The molecule has 30 heavy (non-hydrogen) atoms. The lowest BCUT2D eigenvalue weighted by Gasteiger charge is -2.42. The molecule has 5 nitrogen and oxygen atoms in total. The van der Waals surface area contributed by atoms with Crippen LogP contribution < -0.4 is 10.2 Å². The van der Waals surface area contributed by atoms with E-state index in [-0.39, 0.29) is 5.56 Å². The van der Waals surface area contributed by atoms with Crippen LogP contribution >= 0.6 is 0 Å². The van der Waals surface area contributed by atoms with Crippen molar-refractivity contribution in [3.05, 3.63) is 36.0 Å². The highest BCUT2D eigenvalue weighted by atomic mass is 19.3. The maximum atomic E-state index is 13.5. The molecule has 1 aromatic heterocycles. The molecule has 1 aliphatic heterocycles. The number of halogens is 2. The van der Waals surface area contributed by atoms with E-state index in [0.29, 0.717) is 17.4 Å². The molecule has 2 unspecified atom stereocenters. The van der Waals surface area contributed by atoms with E-state index < -0.39 is 18.1 Å². The van der Waals surface area contributed by atoms with Crippen molar-refractivity contribution in [2.24, 2.45) is 17.8 Å². The first-order valence-electron chi connectivity index (χ1n) is 10.7. The van der Waals surface area contributed by atoms with E-state index in [4.69, 9.17) is 5.11 Å². The topological polar surface area (TPSA) is 65.5 Å². The van der Waals surface area contributed by atoms with Crippen molar-refractivity contribution >= 4 is 22.7 Å². The zero-order chi connectivity index (χ0) is 21.5. The molecular formula is C23H29F2N3O2. The fraction of sp³-hybridized carbons (Fsp3) is 0.565. The Kier molecular flexibility index (Phi) is 5.55. The number of piperidine rings is 1. The Labute approximate surface area is 175 Å². The van der Waals surface area contributed by atoms with E-state index in [9.17, 15) is 13.6 Å². The molecule has 0 spiro atoms. The predicted molar refractivity (Wildman–Crippen MR) is 113 cm³/mol. The minimum Gasteiger partial charge on any atom is -0.465 e. The molecular weight excluding hydrogens is 388 g/mol. The highest BCUT2D eigenvalue weighted by Crippen LogP contribution is 2.45. The zero-order valence-corrected chi connectivity index (χ0v) is 17.4. The van der Waals surface area contributed by atoms with Gasteiger partial charge in [-0.25, -0.2) is 13.6 Å². The van der Waals surface area contributed by atoms with Crippen molar-refractivity contribution < 1.29 is 18.7 Å². The molecule has 7 heteroatoms. The molecule has 1 saturated carbocycles. The van der Waals surface area contributed by atoms with Crippen LogP contribution in [0, 0.1) is 17.8 Å². The average molecular weight is 418 g/mol. The smallest absolute Gasteiger partial charge is 0.405 e. The third-order valence-electron chi connectivity index (χ3n) is 6.46. The Balaban J connectivity index is 1.64. The molecule has 2 aromatic rings. The fourth-order valence-electron chi connectivity index (χ4n) is 5.19. The lowest BCUT2D eigenvalue weighted by Crippen LogP contribution is -2.48. The molecule has 2 fully saturated rings. The number of hydrogen-bond donors (Lipinski definition) is 2. The van der Waals surface area contributed by atoms with Crippen LogP contribution in [-0.2, 0) is 0 Å². The van der Waals surface area contributed by atoms with Gasteiger partial charge in [0.1, 0.15) is 0 Å². The van der Waals surface area contributed by atoms with Gasteiger partial charge in [0.15, 0.2) is 0 Å². The lowest BCUT2D eigenvalue weighted by molar-refractivity contribution is 0.153. The van der Waals surface area contributed by atoms with Crippen LogP contribution in [0.1, 0.15) is 51.5 Å². The number of nitrogens with one attached hydrogen (secondary N) is 1. The van der Waals surface area contributed by atoms with Gasteiger partial charge in [-0.3, -0.25) is 4.98 Å². The summed E-state index contributed by atoms with van der Waals surface area (Å²) in [6, 6.07) is 6.97. The van der Waals surface area contributed by atoms with Crippen LogP contribution in [0.2, 0.25) is 0 Å². The molecule has 162 valence electrons. The molecule has 1 aromatic carbocycles. The number of carbonyl (C=O) groups is 1. The van der Waals surface area contributed by atoms with Crippen molar-refractivity contribution in [2.75, 3.05) is 18.0 Å². The molecule has 2 heterocycles. The van der Waals surface area contributed by atoms with Crippen LogP contribution in [0.3, 0.4) is 0 Å². The number of rotatable bonds is 6. The van der Waals surface area contributed by atoms with Gasteiger partial charge in [-0.2, -0.15) is 0 Å². The lowest BCUT2D eigenvalue weighted by atomic mass is 9.79. The Morgan fingerprint density at radius 2 is 2.03 bits per heavy atom. The van der Waals surface area contributed by atoms with Crippen molar-refractivity contribution in [3.63, 3.8) is 0 Å². The first kappa shape index (κ1) is 20.8. The van der Waals surface area contributed by atoms with Crippen LogP contribution in [0.25, 0.3) is 10.9 Å². The van der Waals surface area contributed by atoms with E-state index in [1.807, 2.05) is 19.9 Å². The summed E-state index contributed by atoms with van der Waals surface area (Å²) in [5.74, 6) is 1.59. The van der Waals surface area contributed by atoms with Crippen LogP contribution in [0.4, 0.5) is 19.3 Å². The summed E-state index contributed by atoms with van der Waals surface area (Å²) in [7, 11) is 0. The van der Waals surface area contributed by atoms with E-state index in [0.717, 1.165) is 42.9 Å². The van der Waals surface area contributed by atoms with Crippen molar-refractivity contribution in [2.45, 2.75) is 51.5 Å². The van der Waals surface area contributed by atoms with Crippen LogP contribution in [-0.4, -0.2) is 34.8 Å². The van der Waals surface area contributed by atoms with E-state index >= 15 is 0 Å². The van der Waals surface area contributed by atoms with Crippen LogP contribution in [0.5, 0.6) is 0 Å². The second-order valence-corrected chi connectivity index (χ2v) is 9.50. The van der Waals surface area contributed by atoms with Gasteiger partial charge in [-0.15, -0.1) is 0 Å². The number of hydrogen-bond acceptors (Lipinski definition) is 3. The number of fused-ring (bicyclic) bond motifs is 1. The van der Waals surface area contributed by atoms with Gasteiger partial charge in [-0.1, -0.05) is 0 Å². The van der Waals surface area contributed by atoms with Crippen molar-refractivity contribution in [1.82, 2.24) is 10.3 Å². The van der Waals surface area contributed by atoms with Gasteiger partial charge >= 0.3 is 6.09 Å². The third kappa shape index (κ3) is 4.50. The van der Waals surface area contributed by atoms with E-state index in [1.165, 1.54) is 18.9 Å². The molecule has 2 N–H and O–H groups in total. The first-order chi connectivity index (χ1) is 14.2. The predicted octanol–water partition coefficient (Wildman–Crippen LogP) is 5.46. The summed E-state index contributed by atoms with van der Waals surface area (Å²) in [5.41, 5.74) is 0.759. The maximum absolute atomic E-state index is 13.5. The summed E-state index contributed by atoms with van der Waals surface area (Å²) in [5, 5.41) is 12.6. The monoisotopic (exact) mass is 417 g/mol. The van der Waals surface area contributed by atoms with Gasteiger partial charge in [0, 0.05) is 41.5 Å². The zero-order valence-electron chi connectivity index (χ0n) is 17.4. The molecule has 2 aliphatic rings. The minimum absolute atomic E-state index is 0.0338. The number of pyridine rings is 1. The molecule has 0 radical (unpaired) electrons. The summed E-state index contributed by atoms with van der Waals surface area (Å²) in [4.78, 5) is 17.7. The minimum atomic E-state index is -2.56. The number of alkyl halides is 2. The average Bonchev–Trinajstić information content (AvgIpc) is 3.50. The number of nitrogens with zero attached hydrogens (tertiary/aromatic N) is 2. The summed E-state index contributed by atoms with van der Waals surface area (Å²) in [6.07, 6.45) is 2.30. The second kappa shape index (κ2) is 8.00. The molecule has 4 rings (SSSR count). The SMILES string of the molecule is CC(C)(CC1CC(C2CC2)CN(c2ccc(C(F)F)c3ncccc23)C1)NC(=O)O. The Hall–Kier alpha value is -2.44. The number of carboxylic acid groups (broad SMARTS) is 1. The van der Waals surface area contributed by atoms with E-state index in [1.54, 1.807) is 18.3 Å². The number of aromatic nitrogens is 1. The van der Waals surface area contributed by atoms with Gasteiger partial charge < -0.3 is 15.3 Å². The van der Waals surface area contributed by atoms with Gasteiger partial charge in [0.25, 0.3) is 6.43 Å². The maximum Gasteiger partial charge on any atom is 0.405 e. The Bertz CT molecular complexity index is 930. The molecule has 2 atom stereocenters. The van der Waals surface area contributed by atoms with Gasteiger partial charge in [0.2, 0.25) is 0 Å². The standard InChI is InChI=1S/C23H29F2N3O2/c1-23(2,27-22(29)30)11-14-10-16(15-5-6-15)13-28(12-14)19-8-7-18(21(24)25)20-17(19)4-3-9-26-20/h3-4,7-9,14-16,21,27H,5-6,10-13H2,1-2H3,(H,29,30). The first-order valence-corrected chi connectivity index (χ1v) is 10.7. The quantitative estimate of drug-likeness (QED) is 0.655. The number of amides is 1. The van der Waals surface area contributed by atoms with E-state index in [2.05, 4.69) is 15.2 Å². The Morgan fingerprint density at radius 1 is 1.27 bits per heavy atom. The fourth-order valence-corrected chi connectivity index (χ4v) is 5.19. The summed E-state index contributed by atoms with van der Waals surface area (Å²) >= 11 is 0. The van der Waals surface area contributed by atoms with Crippen molar-refractivity contribution in [1.29, 1.82) is 0 Å². The molecule has 1 saturated heterocycles. The van der Waals surface area contributed by atoms with Gasteiger partial charge in [0.05, 0.1) is 5.52 Å². The third-order valence-corrected chi connectivity index (χ3v) is 6.46. The largest absolute Gasteiger partial charge is 0.465 e. The highest BCUT2D eigenvalue weighted by Gasteiger charge is 2.39. The van der Waals surface area contributed by atoms with Crippen molar-refractivity contribution in [3.8, 4) is 0 Å². The van der Waals surface area contributed by atoms with Gasteiger partial charge in [-0.05, 0) is 81.5 Å². The summed E-state index contributed by atoms with van der Waals surface area (Å²) < 4.78 is 27.0. The molecule has 0 bridgehead atoms.